The van der Waals surface area contributed by atoms with E-state index in [1.54, 1.807) is 11.8 Å². The average Bonchev–Trinajstić information content (AvgIpc) is 2.33. The van der Waals surface area contributed by atoms with Crippen LogP contribution in [-0.4, -0.2) is 40.4 Å². The van der Waals surface area contributed by atoms with Crippen molar-refractivity contribution in [1.82, 2.24) is 4.90 Å². The second-order valence-electron chi connectivity index (χ2n) is 2.95. The molecule has 0 saturated carbocycles. The molecule has 0 spiro atoms. The zero-order valence-electron chi connectivity index (χ0n) is 6.53. The van der Waals surface area contributed by atoms with Gasteiger partial charge in [0.2, 0.25) is 0 Å². The monoisotopic (exact) mass is 159 g/mol. The maximum Gasteiger partial charge on any atom is 0.307 e. The molecule has 2 atom stereocenters. The van der Waals surface area contributed by atoms with Crippen molar-refractivity contribution in [3.05, 3.63) is 0 Å². The van der Waals surface area contributed by atoms with Gasteiger partial charge in [0.1, 0.15) is 6.23 Å². The molecule has 0 radical (unpaired) electrons. The van der Waals surface area contributed by atoms with Crippen LogP contribution in [0.25, 0.3) is 0 Å². The molecule has 4 nitrogen and oxygen atoms in total. The number of aliphatic carboxylic acids is 1. The highest BCUT2D eigenvalue weighted by Gasteiger charge is 2.29. The Hall–Kier alpha value is -0.610. The number of hydrogen-bond donors (Lipinski definition) is 2. The fourth-order valence-corrected chi connectivity index (χ4v) is 1.33. The molecule has 1 aliphatic rings. The van der Waals surface area contributed by atoms with E-state index in [9.17, 15) is 4.79 Å². The molecular weight excluding hydrogens is 146 g/mol. The molecule has 0 aromatic carbocycles. The summed E-state index contributed by atoms with van der Waals surface area (Å²) in [4.78, 5) is 12.2. The van der Waals surface area contributed by atoms with Crippen molar-refractivity contribution in [3.63, 3.8) is 0 Å². The van der Waals surface area contributed by atoms with E-state index in [0.717, 1.165) is 0 Å². The molecule has 0 aromatic rings. The van der Waals surface area contributed by atoms with Gasteiger partial charge in [0.25, 0.3) is 0 Å². The van der Waals surface area contributed by atoms with Gasteiger partial charge in [-0.1, -0.05) is 0 Å². The first-order valence-electron chi connectivity index (χ1n) is 3.76. The zero-order chi connectivity index (χ0) is 8.43. The number of nitrogens with zero attached hydrogens (tertiary/aromatic N) is 1. The van der Waals surface area contributed by atoms with Gasteiger partial charge in [-0.25, -0.2) is 0 Å². The minimum Gasteiger partial charge on any atom is -0.481 e. The fraction of sp³-hybridized carbons (Fsp3) is 0.857. The van der Waals surface area contributed by atoms with Gasteiger partial charge in [0.15, 0.2) is 0 Å². The molecule has 1 aliphatic heterocycles. The predicted molar refractivity (Wildman–Crippen MR) is 39.0 cm³/mol. The molecule has 1 rings (SSSR count). The molecule has 11 heavy (non-hydrogen) atoms. The number of likely N-dealkylation sites (tertiary alicyclic amines) is 1. The third-order valence-electron chi connectivity index (χ3n) is 2.10. The Morgan fingerprint density at radius 3 is 2.64 bits per heavy atom. The van der Waals surface area contributed by atoms with Crippen molar-refractivity contribution in [3.8, 4) is 0 Å². The third-order valence-corrected chi connectivity index (χ3v) is 2.10. The summed E-state index contributed by atoms with van der Waals surface area (Å²) in [5.74, 6) is -1.04. The first-order valence-corrected chi connectivity index (χ1v) is 3.76. The lowest BCUT2D eigenvalue weighted by Crippen LogP contribution is -2.31. The maximum absolute atomic E-state index is 10.5. The molecule has 0 amide bonds. The summed E-state index contributed by atoms with van der Waals surface area (Å²) in [5, 5.41) is 17.7. The second kappa shape index (κ2) is 3.19. The molecule has 0 bridgehead atoms. The molecule has 0 aromatic heterocycles. The SMILES string of the molecule is CC(O)N1CCC(C(=O)O)C1. The van der Waals surface area contributed by atoms with Gasteiger partial charge < -0.3 is 10.2 Å². The molecule has 2 N–H and O–H groups in total. The largest absolute Gasteiger partial charge is 0.481 e. The van der Waals surface area contributed by atoms with Gasteiger partial charge >= 0.3 is 5.97 Å². The minimum absolute atomic E-state index is 0.287. The lowest BCUT2D eigenvalue weighted by molar-refractivity contribution is -0.141. The Morgan fingerprint density at radius 1 is 1.73 bits per heavy atom. The summed E-state index contributed by atoms with van der Waals surface area (Å²) in [7, 11) is 0. The molecule has 4 heteroatoms. The van der Waals surface area contributed by atoms with E-state index >= 15 is 0 Å². The van der Waals surface area contributed by atoms with E-state index in [2.05, 4.69) is 0 Å². The van der Waals surface area contributed by atoms with Crippen molar-refractivity contribution in [1.29, 1.82) is 0 Å². The van der Waals surface area contributed by atoms with E-state index in [1.807, 2.05) is 0 Å². The summed E-state index contributed by atoms with van der Waals surface area (Å²) in [5.41, 5.74) is 0. The van der Waals surface area contributed by atoms with Gasteiger partial charge in [-0.3, -0.25) is 9.69 Å². The maximum atomic E-state index is 10.5. The van der Waals surface area contributed by atoms with Gasteiger partial charge in [-0.2, -0.15) is 0 Å². The molecule has 0 aliphatic carbocycles. The Labute approximate surface area is 65.4 Å². The first kappa shape index (κ1) is 8.49. The Kier molecular flexibility index (Phi) is 2.46. The van der Waals surface area contributed by atoms with E-state index in [0.29, 0.717) is 19.5 Å². The highest BCUT2D eigenvalue weighted by molar-refractivity contribution is 5.70. The summed E-state index contributed by atoms with van der Waals surface area (Å²) in [6.07, 6.45) is 0.139. The quantitative estimate of drug-likeness (QED) is 0.582. The Bertz CT molecular complexity index is 158. The third kappa shape index (κ3) is 1.91. The highest BCUT2D eigenvalue weighted by atomic mass is 16.4. The summed E-state index contributed by atoms with van der Waals surface area (Å²) in [6.45, 7) is 2.83. The van der Waals surface area contributed by atoms with Crippen molar-refractivity contribution in [2.75, 3.05) is 13.1 Å². The normalized spacial score (nSPS) is 28.7. The number of hydrogen-bond acceptors (Lipinski definition) is 3. The van der Waals surface area contributed by atoms with Crippen LogP contribution in [-0.2, 0) is 4.79 Å². The van der Waals surface area contributed by atoms with Crippen LogP contribution in [0.15, 0.2) is 0 Å². The number of carboxylic acid groups (broad SMARTS) is 1. The van der Waals surface area contributed by atoms with Crippen LogP contribution in [0, 0.1) is 5.92 Å². The topological polar surface area (TPSA) is 60.8 Å². The van der Waals surface area contributed by atoms with E-state index in [1.165, 1.54) is 0 Å². The number of carboxylic acids is 1. The van der Waals surface area contributed by atoms with Crippen molar-refractivity contribution in [2.45, 2.75) is 19.6 Å². The van der Waals surface area contributed by atoms with E-state index in [4.69, 9.17) is 10.2 Å². The standard InChI is InChI=1S/C7H13NO3/c1-5(9)8-3-2-6(4-8)7(10)11/h5-6,9H,2-4H2,1H3,(H,10,11). The fourth-order valence-electron chi connectivity index (χ4n) is 1.33. The Balaban J connectivity index is 2.41. The number of aliphatic hydroxyl groups excluding tert-OH is 1. The number of aliphatic hydroxyl groups is 1. The van der Waals surface area contributed by atoms with Crippen molar-refractivity contribution < 1.29 is 15.0 Å². The van der Waals surface area contributed by atoms with Crippen LogP contribution in [0.4, 0.5) is 0 Å². The lowest BCUT2D eigenvalue weighted by atomic mass is 10.1. The smallest absolute Gasteiger partial charge is 0.307 e. The van der Waals surface area contributed by atoms with Crippen LogP contribution < -0.4 is 0 Å². The lowest BCUT2D eigenvalue weighted by Gasteiger charge is -2.17. The molecule has 1 saturated heterocycles. The van der Waals surface area contributed by atoms with Crippen LogP contribution in [0.2, 0.25) is 0 Å². The van der Waals surface area contributed by atoms with Gasteiger partial charge in [-0.15, -0.1) is 0 Å². The van der Waals surface area contributed by atoms with Gasteiger partial charge in [0.05, 0.1) is 5.92 Å². The molecule has 2 unspecified atom stereocenters. The van der Waals surface area contributed by atoms with Crippen LogP contribution >= 0.6 is 0 Å². The highest BCUT2D eigenvalue weighted by Crippen LogP contribution is 2.17. The second-order valence-corrected chi connectivity index (χ2v) is 2.95. The number of carbonyl (C=O) groups is 1. The molecule has 1 heterocycles. The van der Waals surface area contributed by atoms with E-state index < -0.39 is 12.2 Å². The predicted octanol–water partition coefficient (Wildman–Crippen LogP) is -0.269. The van der Waals surface area contributed by atoms with Crippen molar-refractivity contribution in [2.24, 2.45) is 5.92 Å². The average molecular weight is 159 g/mol. The number of rotatable bonds is 2. The van der Waals surface area contributed by atoms with Gasteiger partial charge in [-0.05, 0) is 13.3 Å². The molecular formula is C7H13NO3. The summed E-state index contributed by atoms with van der Waals surface area (Å²) < 4.78 is 0. The molecule has 64 valence electrons. The zero-order valence-corrected chi connectivity index (χ0v) is 6.53. The minimum atomic E-state index is -0.756. The Morgan fingerprint density at radius 2 is 2.36 bits per heavy atom. The van der Waals surface area contributed by atoms with Gasteiger partial charge in [0, 0.05) is 13.1 Å². The van der Waals surface area contributed by atoms with Crippen molar-refractivity contribution >= 4 is 5.97 Å². The van der Waals surface area contributed by atoms with Crippen LogP contribution in [0.3, 0.4) is 0 Å². The van der Waals surface area contributed by atoms with E-state index in [-0.39, 0.29) is 5.92 Å². The summed E-state index contributed by atoms with van der Waals surface area (Å²) >= 11 is 0. The molecule has 1 fully saturated rings. The van der Waals surface area contributed by atoms with Crippen LogP contribution in [0.1, 0.15) is 13.3 Å². The first-order chi connectivity index (χ1) is 5.11. The summed E-state index contributed by atoms with van der Waals surface area (Å²) in [6, 6.07) is 0. The van der Waals surface area contributed by atoms with Crippen LogP contribution in [0.5, 0.6) is 0 Å².